The summed E-state index contributed by atoms with van der Waals surface area (Å²) < 4.78 is 29.5. The molecular weight excluding hydrogens is 448 g/mol. The van der Waals surface area contributed by atoms with Gasteiger partial charge in [0.25, 0.3) is 10.0 Å². The average molecular weight is 475 g/mol. The third kappa shape index (κ3) is 4.28. The Kier molecular flexibility index (Phi) is 6.32. The Labute approximate surface area is 193 Å². The van der Waals surface area contributed by atoms with Crippen molar-refractivity contribution in [3.63, 3.8) is 0 Å². The predicted molar refractivity (Wildman–Crippen MR) is 127 cm³/mol. The zero-order valence-electron chi connectivity index (χ0n) is 17.9. The van der Waals surface area contributed by atoms with Crippen molar-refractivity contribution in [1.29, 1.82) is 0 Å². The number of benzene rings is 1. The van der Waals surface area contributed by atoms with E-state index in [0.29, 0.717) is 17.2 Å². The first-order valence-corrected chi connectivity index (χ1v) is 12.3. The van der Waals surface area contributed by atoms with Crippen LogP contribution in [0, 0.1) is 0 Å². The minimum Gasteiger partial charge on any atom is -0.389 e. The van der Waals surface area contributed by atoms with Crippen molar-refractivity contribution >= 4 is 33.5 Å². The maximum Gasteiger partial charge on any atom is 0.269 e. The summed E-state index contributed by atoms with van der Waals surface area (Å²) in [5, 5.41) is 4.57. The van der Waals surface area contributed by atoms with Crippen LogP contribution in [0.25, 0.3) is 17.2 Å². The van der Waals surface area contributed by atoms with Gasteiger partial charge in [-0.3, -0.25) is 4.68 Å². The van der Waals surface area contributed by atoms with Gasteiger partial charge in [0.15, 0.2) is 0 Å². The Bertz CT molecular complexity index is 1220. The largest absolute Gasteiger partial charge is 0.389 e. The van der Waals surface area contributed by atoms with E-state index in [9.17, 15) is 8.42 Å². The number of aromatic nitrogens is 3. The summed E-state index contributed by atoms with van der Waals surface area (Å²) in [6.07, 6.45) is 8.67. The number of nitrogens with two attached hydrogens (primary N) is 2. The Morgan fingerprint density at radius 1 is 1.22 bits per heavy atom. The second-order valence-electron chi connectivity index (χ2n) is 7.86. The first-order chi connectivity index (χ1) is 15.3. The third-order valence-electron chi connectivity index (χ3n) is 5.92. The smallest absolute Gasteiger partial charge is 0.269 e. The molecule has 0 saturated carbocycles. The van der Waals surface area contributed by atoms with Crippen LogP contribution >= 0.6 is 11.6 Å². The molecule has 3 heterocycles. The minimum absolute atomic E-state index is 0.00661. The van der Waals surface area contributed by atoms with Crippen LogP contribution in [0.2, 0.25) is 0 Å². The van der Waals surface area contributed by atoms with Crippen LogP contribution in [-0.4, -0.2) is 46.7 Å². The molecular formula is C22H27ClN6O2S. The first kappa shape index (κ1) is 22.4. The van der Waals surface area contributed by atoms with Gasteiger partial charge >= 0.3 is 0 Å². The fourth-order valence-corrected chi connectivity index (χ4v) is 5.55. The molecule has 1 aromatic carbocycles. The lowest BCUT2D eigenvalue weighted by Gasteiger charge is -2.31. The summed E-state index contributed by atoms with van der Waals surface area (Å²) in [7, 11) is -3.89. The van der Waals surface area contributed by atoms with Crippen LogP contribution < -0.4 is 11.5 Å². The molecule has 0 atom stereocenters. The van der Waals surface area contributed by atoms with E-state index in [2.05, 4.69) is 16.9 Å². The number of rotatable bonds is 6. The van der Waals surface area contributed by atoms with Gasteiger partial charge in [-0.15, -0.1) is 0 Å². The second-order valence-corrected chi connectivity index (χ2v) is 10.1. The Morgan fingerprint density at radius 3 is 2.53 bits per heavy atom. The topological polar surface area (TPSA) is 112 Å². The molecule has 32 heavy (non-hydrogen) atoms. The highest BCUT2D eigenvalue weighted by molar-refractivity contribution is 7.90. The summed E-state index contributed by atoms with van der Waals surface area (Å²) in [4.78, 5) is 2.56. The van der Waals surface area contributed by atoms with Gasteiger partial charge in [-0.05, 0) is 37.6 Å². The van der Waals surface area contributed by atoms with Gasteiger partial charge in [0.05, 0.1) is 22.3 Å². The summed E-state index contributed by atoms with van der Waals surface area (Å²) in [5.74, 6) is 0.0384. The summed E-state index contributed by atoms with van der Waals surface area (Å²) in [6, 6.07) is 8.45. The van der Waals surface area contributed by atoms with Crippen molar-refractivity contribution in [3.8, 4) is 11.1 Å². The number of hydrogen-bond donors (Lipinski definition) is 2. The number of nitrogen functional groups attached to an aromatic ring is 1. The lowest BCUT2D eigenvalue weighted by Crippen LogP contribution is -2.34. The van der Waals surface area contributed by atoms with Crippen molar-refractivity contribution in [2.24, 2.45) is 5.73 Å². The molecule has 2 aromatic heterocycles. The molecule has 8 nitrogen and oxygen atoms in total. The van der Waals surface area contributed by atoms with Crippen LogP contribution in [0.3, 0.4) is 0 Å². The van der Waals surface area contributed by atoms with E-state index in [1.165, 1.54) is 24.4 Å². The van der Waals surface area contributed by atoms with Gasteiger partial charge in [0, 0.05) is 42.2 Å². The van der Waals surface area contributed by atoms with Crippen LogP contribution in [0.1, 0.15) is 31.4 Å². The van der Waals surface area contributed by atoms with Crippen molar-refractivity contribution < 1.29 is 8.42 Å². The lowest BCUT2D eigenvalue weighted by atomic mass is 10.0. The maximum atomic E-state index is 13.2. The molecule has 0 unspecified atom stereocenters. The number of halogens is 1. The molecule has 4 N–H and O–H groups in total. The van der Waals surface area contributed by atoms with Crippen molar-refractivity contribution in [2.45, 2.75) is 30.7 Å². The van der Waals surface area contributed by atoms with E-state index in [0.717, 1.165) is 42.0 Å². The fraction of sp³-hybridized carbons (Fsp3) is 0.318. The number of likely N-dealkylation sites (tertiary alicyclic amines) is 1. The molecule has 0 spiro atoms. The highest BCUT2D eigenvalue weighted by Crippen LogP contribution is 2.35. The normalized spacial score (nSPS) is 16.5. The highest BCUT2D eigenvalue weighted by Gasteiger charge is 2.25. The van der Waals surface area contributed by atoms with Gasteiger partial charge in [-0.2, -0.15) is 5.10 Å². The number of hydrogen-bond acceptors (Lipinski definition) is 6. The van der Waals surface area contributed by atoms with E-state index < -0.39 is 10.0 Å². The molecule has 4 rings (SSSR count). The Hall–Kier alpha value is -2.75. The minimum atomic E-state index is -3.89. The van der Waals surface area contributed by atoms with Gasteiger partial charge in [-0.1, -0.05) is 36.7 Å². The fourth-order valence-electron chi connectivity index (χ4n) is 4.11. The van der Waals surface area contributed by atoms with E-state index in [4.69, 9.17) is 23.1 Å². The van der Waals surface area contributed by atoms with Crippen molar-refractivity contribution in [2.75, 3.05) is 25.4 Å². The molecule has 0 bridgehead atoms. The SMILES string of the molecule is CCN1CCC(n2cc(-c3cn(S(=O)(=O)c4ccccc4)c(N)c3/C=C(\N)Cl)cn2)CC1. The maximum absolute atomic E-state index is 13.2. The van der Waals surface area contributed by atoms with Gasteiger partial charge in [0.1, 0.15) is 5.82 Å². The van der Waals surface area contributed by atoms with Crippen molar-refractivity contribution in [1.82, 2.24) is 18.7 Å². The van der Waals surface area contributed by atoms with E-state index in [-0.39, 0.29) is 15.9 Å². The third-order valence-corrected chi connectivity index (χ3v) is 7.72. The summed E-state index contributed by atoms with van der Waals surface area (Å²) in [6.45, 7) is 5.29. The Balaban J connectivity index is 1.74. The lowest BCUT2D eigenvalue weighted by molar-refractivity contribution is 0.187. The van der Waals surface area contributed by atoms with Crippen LogP contribution in [-0.2, 0) is 10.0 Å². The molecule has 1 aliphatic rings. The molecule has 10 heteroatoms. The van der Waals surface area contributed by atoms with Crippen LogP contribution in [0.4, 0.5) is 5.82 Å². The molecule has 1 fully saturated rings. The molecule has 3 aromatic rings. The average Bonchev–Trinajstić information content (AvgIpc) is 3.40. The molecule has 170 valence electrons. The molecule has 0 radical (unpaired) electrons. The van der Waals surface area contributed by atoms with Gasteiger partial charge < -0.3 is 16.4 Å². The number of nitrogens with zero attached hydrogens (tertiary/aromatic N) is 4. The van der Waals surface area contributed by atoms with Gasteiger partial charge in [0.2, 0.25) is 0 Å². The predicted octanol–water partition coefficient (Wildman–Crippen LogP) is 3.32. The highest BCUT2D eigenvalue weighted by atomic mass is 35.5. The molecule has 0 aliphatic carbocycles. The quantitative estimate of drug-likeness (QED) is 0.530. The molecule has 0 amide bonds. The number of piperidine rings is 1. The zero-order valence-corrected chi connectivity index (χ0v) is 19.4. The second kappa shape index (κ2) is 9.01. The zero-order chi connectivity index (χ0) is 22.9. The van der Waals surface area contributed by atoms with Crippen LogP contribution in [0.15, 0.2) is 59.0 Å². The summed E-state index contributed by atoms with van der Waals surface area (Å²) in [5.41, 5.74) is 13.8. The van der Waals surface area contributed by atoms with Crippen molar-refractivity contribution in [3.05, 3.63) is 59.6 Å². The van der Waals surface area contributed by atoms with E-state index >= 15 is 0 Å². The summed E-state index contributed by atoms with van der Waals surface area (Å²) >= 11 is 5.94. The van der Waals surface area contributed by atoms with E-state index in [1.807, 2.05) is 10.9 Å². The van der Waals surface area contributed by atoms with Crippen LogP contribution in [0.5, 0.6) is 0 Å². The Morgan fingerprint density at radius 2 is 1.91 bits per heavy atom. The van der Waals surface area contributed by atoms with Gasteiger partial charge in [-0.25, -0.2) is 12.4 Å². The molecule has 1 saturated heterocycles. The first-order valence-electron chi connectivity index (χ1n) is 10.5. The van der Waals surface area contributed by atoms with E-state index in [1.54, 1.807) is 24.4 Å². The number of anilines is 1. The standard InChI is InChI=1S/C22H27ClN6O2S/c1-2-27-10-8-17(9-11-27)28-14-16(13-26-28)20-15-29(22(25)19(20)12-21(23)24)32(30,31)18-6-4-3-5-7-18/h3-7,12-15,17H,2,8-11,24-25H2,1H3/b21-12-. The monoisotopic (exact) mass is 474 g/mol. The molecule has 1 aliphatic heterocycles.